The van der Waals surface area contributed by atoms with E-state index in [1.165, 1.54) is 5.56 Å². The highest BCUT2D eigenvalue weighted by atomic mass is 15.0. The van der Waals surface area contributed by atoms with Crippen molar-refractivity contribution in [1.82, 2.24) is 0 Å². The van der Waals surface area contributed by atoms with Gasteiger partial charge in [0.05, 0.1) is 0 Å². The number of benzene rings is 2. The van der Waals surface area contributed by atoms with Crippen molar-refractivity contribution in [2.45, 2.75) is 26.4 Å². The lowest BCUT2D eigenvalue weighted by Crippen LogP contribution is -2.31. The van der Waals surface area contributed by atoms with E-state index in [1.807, 2.05) is 44.2 Å². The van der Waals surface area contributed by atoms with Crippen molar-refractivity contribution < 1.29 is 0 Å². The summed E-state index contributed by atoms with van der Waals surface area (Å²) in [4.78, 5) is 4.67. The first-order valence-electron chi connectivity index (χ1n) is 6.47. The second kappa shape index (κ2) is 5.37. The Kier molecular flexibility index (Phi) is 3.82. The molecule has 0 saturated heterocycles. The lowest BCUT2D eigenvalue weighted by Gasteiger charge is -2.21. The molecule has 0 amide bonds. The van der Waals surface area contributed by atoms with Gasteiger partial charge in [0.1, 0.15) is 5.66 Å². The SMILES string of the molecule is C/C(=N\C(C)(N)c1ccccc1)c1ccc(C)cc1. The summed E-state index contributed by atoms with van der Waals surface area (Å²) in [7, 11) is 0. The number of nitrogens with two attached hydrogens (primary N) is 1. The summed E-state index contributed by atoms with van der Waals surface area (Å²) in [5, 5.41) is 0. The summed E-state index contributed by atoms with van der Waals surface area (Å²) < 4.78 is 0. The zero-order valence-electron chi connectivity index (χ0n) is 11.7. The molecule has 0 aliphatic heterocycles. The lowest BCUT2D eigenvalue weighted by atomic mass is 10.0. The molecule has 2 aromatic carbocycles. The first-order chi connectivity index (χ1) is 8.99. The van der Waals surface area contributed by atoms with Gasteiger partial charge in [-0.1, -0.05) is 60.2 Å². The van der Waals surface area contributed by atoms with Crippen LogP contribution in [0, 0.1) is 6.92 Å². The average molecular weight is 252 g/mol. The number of nitrogens with zero attached hydrogens (tertiary/aromatic N) is 1. The molecule has 2 rings (SSSR count). The molecule has 0 radical (unpaired) electrons. The molecule has 19 heavy (non-hydrogen) atoms. The Morgan fingerprint density at radius 1 is 1.00 bits per heavy atom. The topological polar surface area (TPSA) is 38.4 Å². The summed E-state index contributed by atoms with van der Waals surface area (Å²) in [6, 6.07) is 18.3. The minimum atomic E-state index is -0.698. The fourth-order valence-corrected chi connectivity index (χ4v) is 2.05. The molecule has 1 atom stereocenters. The second-order valence-corrected chi connectivity index (χ2v) is 5.08. The molecule has 98 valence electrons. The minimum absolute atomic E-state index is 0.698. The van der Waals surface area contributed by atoms with E-state index in [9.17, 15) is 0 Å². The summed E-state index contributed by atoms with van der Waals surface area (Å²) in [5.41, 5.74) is 9.94. The highest BCUT2D eigenvalue weighted by Crippen LogP contribution is 2.20. The van der Waals surface area contributed by atoms with Crippen LogP contribution in [0.25, 0.3) is 0 Å². The number of aryl methyl sites for hydroxylation is 1. The van der Waals surface area contributed by atoms with E-state index in [1.54, 1.807) is 0 Å². The van der Waals surface area contributed by atoms with E-state index in [0.29, 0.717) is 0 Å². The molecule has 2 aromatic rings. The van der Waals surface area contributed by atoms with Crippen LogP contribution in [0.3, 0.4) is 0 Å². The Labute approximate surface area is 115 Å². The maximum Gasteiger partial charge on any atom is 0.131 e. The van der Waals surface area contributed by atoms with Crippen molar-refractivity contribution in [3.8, 4) is 0 Å². The molecular formula is C17H20N2. The third-order valence-corrected chi connectivity index (χ3v) is 3.23. The van der Waals surface area contributed by atoms with Crippen molar-refractivity contribution in [3.63, 3.8) is 0 Å². The van der Waals surface area contributed by atoms with E-state index >= 15 is 0 Å². The lowest BCUT2D eigenvalue weighted by molar-refractivity contribution is 0.525. The molecule has 2 N–H and O–H groups in total. The van der Waals surface area contributed by atoms with Crippen LogP contribution in [0.15, 0.2) is 59.6 Å². The van der Waals surface area contributed by atoms with Crippen molar-refractivity contribution >= 4 is 5.71 Å². The second-order valence-electron chi connectivity index (χ2n) is 5.08. The Balaban J connectivity index is 2.32. The monoisotopic (exact) mass is 252 g/mol. The van der Waals surface area contributed by atoms with Crippen LogP contribution >= 0.6 is 0 Å². The third kappa shape index (κ3) is 3.30. The third-order valence-electron chi connectivity index (χ3n) is 3.23. The molecule has 0 spiro atoms. The highest BCUT2D eigenvalue weighted by Gasteiger charge is 2.19. The van der Waals surface area contributed by atoms with Gasteiger partial charge < -0.3 is 5.73 Å². The van der Waals surface area contributed by atoms with Crippen LogP contribution in [0.5, 0.6) is 0 Å². The van der Waals surface area contributed by atoms with E-state index in [0.717, 1.165) is 16.8 Å². The Hall–Kier alpha value is -1.93. The zero-order chi connectivity index (χ0) is 13.9. The summed E-state index contributed by atoms with van der Waals surface area (Å²) in [6.45, 7) is 6.01. The molecule has 0 bridgehead atoms. The van der Waals surface area contributed by atoms with Gasteiger partial charge in [0.25, 0.3) is 0 Å². The van der Waals surface area contributed by atoms with E-state index in [2.05, 4.69) is 36.2 Å². The van der Waals surface area contributed by atoms with Crippen LogP contribution in [0.4, 0.5) is 0 Å². The number of aliphatic imine (C=N–C) groups is 1. The minimum Gasteiger partial charge on any atom is -0.304 e. The number of hydrogen-bond acceptors (Lipinski definition) is 2. The fourth-order valence-electron chi connectivity index (χ4n) is 2.05. The van der Waals surface area contributed by atoms with Gasteiger partial charge in [-0.3, -0.25) is 4.99 Å². The maximum atomic E-state index is 6.32. The summed E-state index contributed by atoms with van der Waals surface area (Å²) in [5.74, 6) is 0. The van der Waals surface area contributed by atoms with Crippen LogP contribution in [0.1, 0.15) is 30.5 Å². The average Bonchev–Trinajstić information content (AvgIpc) is 2.40. The number of rotatable bonds is 3. The molecule has 0 saturated carbocycles. The van der Waals surface area contributed by atoms with Crippen molar-refractivity contribution in [3.05, 3.63) is 71.3 Å². The first-order valence-corrected chi connectivity index (χ1v) is 6.47. The maximum absolute atomic E-state index is 6.32. The molecule has 0 aliphatic carbocycles. The Bertz CT molecular complexity index is 566. The van der Waals surface area contributed by atoms with E-state index in [4.69, 9.17) is 5.73 Å². The summed E-state index contributed by atoms with van der Waals surface area (Å²) in [6.07, 6.45) is 0. The van der Waals surface area contributed by atoms with E-state index in [-0.39, 0.29) is 0 Å². The van der Waals surface area contributed by atoms with Crippen molar-refractivity contribution in [2.24, 2.45) is 10.7 Å². The zero-order valence-corrected chi connectivity index (χ0v) is 11.7. The van der Waals surface area contributed by atoms with Crippen LogP contribution in [-0.4, -0.2) is 5.71 Å². The first kappa shape index (κ1) is 13.5. The smallest absolute Gasteiger partial charge is 0.131 e. The van der Waals surface area contributed by atoms with Crippen molar-refractivity contribution in [1.29, 1.82) is 0 Å². The molecule has 0 aliphatic rings. The predicted molar refractivity (Wildman–Crippen MR) is 81.4 cm³/mol. The van der Waals surface area contributed by atoms with Crippen LogP contribution in [-0.2, 0) is 5.66 Å². The fraction of sp³-hybridized carbons (Fsp3) is 0.235. The van der Waals surface area contributed by atoms with E-state index < -0.39 is 5.66 Å². The quantitative estimate of drug-likeness (QED) is 0.832. The number of hydrogen-bond donors (Lipinski definition) is 1. The molecular weight excluding hydrogens is 232 g/mol. The Morgan fingerprint density at radius 3 is 2.16 bits per heavy atom. The molecule has 2 heteroatoms. The van der Waals surface area contributed by atoms with Gasteiger partial charge in [0, 0.05) is 5.71 Å². The molecule has 0 fully saturated rings. The van der Waals surface area contributed by atoms with Gasteiger partial charge in [0.15, 0.2) is 0 Å². The van der Waals surface area contributed by atoms with Gasteiger partial charge in [-0.15, -0.1) is 0 Å². The summed E-state index contributed by atoms with van der Waals surface area (Å²) >= 11 is 0. The van der Waals surface area contributed by atoms with Gasteiger partial charge in [-0.05, 0) is 31.9 Å². The van der Waals surface area contributed by atoms with Gasteiger partial charge in [0.2, 0.25) is 0 Å². The normalized spacial score (nSPS) is 15.1. The molecule has 0 aromatic heterocycles. The standard InChI is InChI=1S/C17H20N2/c1-13-9-11-15(12-10-13)14(2)19-17(3,18)16-7-5-4-6-8-16/h4-12H,18H2,1-3H3/b19-14+. The predicted octanol–water partition coefficient (Wildman–Crippen LogP) is 3.64. The van der Waals surface area contributed by atoms with Crippen molar-refractivity contribution in [2.75, 3.05) is 0 Å². The highest BCUT2D eigenvalue weighted by molar-refractivity contribution is 5.99. The van der Waals surface area contributed by atoms with Crippen LogP contribution < -0.4 is 5.73 Å². The Morgan fingerprint density at radius 2 is 1.58 bits per heavy atom. The molecule has 2 nitrogen and oxygen atoms in total. The molecule has 1 unspecified atom stereocenters. The largest absolute Gasteiger partial charge is 0.304 e. The van der Waals surface area contributed by atoms with Gasteiger partial charge in [-0.2, -0.15) is 0 Å². The van der Waals surface area contributed by atoms with Gasteiger partial charge in [-0.25, -0.2) is 0 Å². The van der Waals surface area contributed by atoms with Gasteiger partial charge >= 0.3 is 0 Å². The molecule has 0 heterocycles. The van der Waals surface area contributed by atoms with Crippen LogP contribution in [0.2, 0.25) is 0 Å².